The molecule has 0 radical (unpaired) electrons. The molecule has 5 heteroatoms. The van der Waals surface area contributed by atoms with Crippen LogP contribution in [0.15, 0.2) is 18.2 Å². The molecule has 0 spiro atoms. The fraction of sp³-hybridized carbons (Fsp3) is 0.462. The van der Waals surface area contributed by atoms with Crippen LogP contribution in [0.1, 0.15) is 31.1 Å². The minimum atomic E-state index is -1.04. The highest BCUT2D eigenvalue weighted by Gasteiger charge is 2.25. The van der Waals surface area contributed by atoms with Crippen molar-refractivity contribution in [1.82, 2.24) is 4.90 Å². The molecule has 100 valence electrons. The van der Waals surface area contributed by atoms with E-state index in [2.05, 4.69) is 0 Å². The fourth-order valence-electron chi connectivity index (χ4n) is 1.65. The molecular formula is C13H17ClFNO2. The predicted octanol–water partition coefficient (Wildman–Crippen LogP) is 2.71. The molecular weight excluding hydrogens is 257 g/mol. The summed E-state index contributed by atoms with van der Waals surface area (Å²) in [4.78, 5) is 13.6. The van der Waals surface area contributed by atoms with Crippen LogP contribution in [0.3, 0.4) is 0 Å². The Morgan fingerprint density at radius 1 is 1.50 bits per heavy atom. The fourth-order valence-corrected chi connectivity index (χ4v) is 1.90. The number of hydrogen-bond acceptors (Lipinski definition) is 2. The molecule has 1 amide bonds. The highest BCUT2D eigenvalue weighted by atomic mass is 35.5. The van der Waals surface area contributed by atoms with Crippen LogP contribution in [0.2, 0.25) is 5.02 Å². The van der Waals surface area contributed by atoms with Crippen molar-refractivity contribution in [3.05, 3.63) is 34.6 Å². The second-order valence-corrected chi connectivity index (χ2v) is 5.14. The maximum Gasteiger partial charge on any atom is 0.258 e. The summed E-state index contributed by atoms with van der Waals surface area (Å²) >= 11 is 5.85. The molecule has 0 unspecified atom stereocenters. The first-order chi connectivity index (χ1) is 8.26. The molecule has 0 aliphatic carbocycles. The van der Waals surface area contributed by atoms with Crippen molar-refractivity contribution in [2.24, 2.45) is 0 Å². The summed E-state index contributed by atoms with van der Waals surface area (Å²) in [6.07, 6.45) is 0. The molecule has 0 saturated heterocycles. The minimum Gasteiger partial charge on any atom is -0.389 e. The molecule has 0 fully saturated rings. The lowest BCUT2D eigenvalue weighted by atomic mass is 10.1. The molecule has 0 aliphatic rings. The molecule has 0 saturated carbocycles. The Balaban J connectivity index is 3.04. The molecule has 0 aromatic heterocycles. The lowest BCUT2D eigenvalue weighted by Crippen LogP contribution is -2.42. The maximum absolute atomic E-state index is 13.6. The summed E-state index contributed by atoms with van der Waals surface area (Å²) in [7, 11) is 0. The number of likely N-dealkylation sites (N-methyl/N-ethyl adjacent to an activating group) is 1. The zero-order chi connectivity index (χ0) is 13.9. The molecule has 0 bridgehead atoms. The molecule has 3 nitrogen and oxygen atoms in total. The van der Waals surface area contributed by atoms with Crippen LogP contribution in [0, 0.1) is 5.82 Å². The van der Waals surface area contributed by atoms with Gasteiger partial charge in [0.2, 0.25) is 0 Å². The van der Waals surface area contributed by atoms with Crippen molar-refractivity contribution in [1.29, 1.82) is 0 Å². The number of nitrogens with zero attached hydrogens (tertiary/aromatic N) is 1. The number of benzene rings is 1. The summed E-state index contributed by atoms with van der Waals surface area (Å²) in [6.45, 7) is 5.43. The number of amides is 1. The Morgan fingerprint density at radius 3 is 2.56 bits per heavy atom. The van der Waals surface area contributed by atoms with Crippen molar-refractivity contribution in [2.75, 3.05) is 13.1 Å². The normalized spacial score (nSPS) is 11.4. The molecule has 0 atom stereocenters. The van der Waals surface area contributed by atoms with Gasteiger partial charge >= 0.3 is 0 Å². The lowest BCUT2D eigenvalue weighted by molar-refractivity contribution is 0.0312. The van der Waals surface area contributed by atoms with Gasteiger partial charge in [-0.15, -0.1) is 0 Å². The first kappa shape index (κ1) is 14.9. The van der Waals surface area contributed by atoms with Crippen molar-refractivity contribution in [2.45, 2.75) is 26.4 Å². The molecule has 1 aromatic rings. The van der Waals surface area contributed by atoms with Gasteiger partial charge in [-0.05, 0) is 32.9 Å². The zero-order valence-corrected chi connectivity index (χ0v) is 11.5. The summed E-state index contributed by atoms with van der Waals surface area (Å²) in [5.41, 5.74) is -1.19. The van der Waals surface area contributed by atoms with Gasteiger partial charge in [-0.2, -0.15) is 0 Å². The SMILES string of the molecule is CCN(CC(C)(C)O)C(=O)c1c(F)cccc1Cl. The topological polar surface area (TPSA) is 40.5 Å². The average molecular weight is 274 g/mol. The van der Waals surface area contributed by atoms with E-state index in [1.54, 1.807) is 20.8 Å². The summed E-state index contributed by atoms with van der Waals surface area (Å²) < 4.78 is 13.6. The van der Waals surface area contributed by atoms with Crippen LogP contribution in [-0.4, -0.2) is 34.6 Å². The zero-order valence-electron chi connectivity index (χ0n) is 10.7. The van der Waals surface area contributed by atoms with Crippen LogP contribution in [-0.2, 0) is 0 Å². The van der Waals surface area contributed by atoms with Gasteiger partial charge in [-0.3, -0.25) is 4.79 Å². The Morgan fingerprint density at radius 2 is 2.11 bits per heavy atom. The summed E-state index contributed by atoms with van der Waals surface area (Å²) in [5, 5.41) is 9.81. The number of rotatable bonds is 4. The Kier molecular flexibility index (Phi) is 4.71. The molecule has 1 aromatic carbocycles. The van der Waals surface area contributed by atoms with E-state index >= 15 is 0 Å². The number of carbonyl (C=O) groups excluding carboxylic acids is 1. The monoisotopic (exact) mass is 273 g/mol. The van der Waals surface area contributed by atoms with Crippen LogP contribution in [0.5, 0.6) is 0 Å². The van der Waals surface area contributed by atoms with E-state index in [9.17, 15) is 14.3 Å². The van der Waals surface area contributed by atoms with Gasteiger partial charge in [0.1, 0.15) is 5.82 Å². The van der Waals surface area contributed by atoms with Gasteiger partial charge < -0.3 is 10.0 Å². The van der Waals surface area contributed by atoms with Gasteiger partial charge in [0, 0.05) is 13.1 Å². The highest BCUT2D eigenvalue weighted by molar-refractivity contribution is 6.33. The van der Waals surface area contributed by atoms with E-state index in [1.807, 2.05) is 0 Å². The molecule has 18 heavy (non-hydrogen) atoms. The Hall–Kier alpha value is -1.13. The van der Waals surface area contributed by atoms with Crippen LogP contribution in [0.25, 0.3) is 0 Å². The third-order valence-corrected chi connectivity index (χ3v) is 2.74. The van der Waals surface area contributed by atoms with E-state index in [1.165, 1.54) is 23.1 Å². The maximum atomic E-state index is 13.6. The number of aliphatic hydroxyl groups is 1. The quantitative estimate of drug-likeness (QED) is 0.916. The van der Waals surface area contributed by atoms with E-state index in [4.69, 9.17) is 11.6 Å². The van der Waals surface area contributed by atoms with Crippen LogP contribution in [0.4, 0.5) is 4.39 Å². The highest BCUT2D eigenvalue weighted by Crippen LogP contribution is 2.21. The largest absolute Gasteiger partial charge is 0.389 e. The smallest absolute Gasteiger partial charge is 0.258 e. The number of hydrogen-bond donors (Lipinski definition) is 1. The van der Waals surface area contributed by atoms with Gasteiger partial charge in [-0.1, -0.05) is 17.7 Å². The van der Waals surface area contributed by atoms with Gasteiger partial charge in [-0.25, -0.2) is 4.39 Å². The van der Waals surface area contributed by atoms with E-state index in [-0.39, 0.29) is 17.1 Å². The van der Waals surface area contributed by atoms with Crippen molar-refractivity contribution >= 4 is 17.5 Å². The van der Waals surface area contributed by atoms with E-state index < -0.39 is 17.3 Å². The lowest BCUT2D eigenvalue weighted by Gasteiger charge is -2.28. The van der Waals surface area contributed by atoms with Gasteiger partial charge in [0.25, 0.3) is 5.91 Å². The molecule has 0 aliphatic heterocycles. The minimum absolute atomic E-state index is 0.0780. The molecule has 1 rings (SSSR count). The standard InChI is InChI=1S/C13H17ClFNO2/c1-4-16(8-13(2,3)18)12(17)11-9(14)6-5-7-10(11)15/h5-7,18H,4,8H2,1-3H3. The first-order valence-electron chi connectivity index (χ1n) is 5.72. The average Bonchev–Trinajstić information content (AvgIpc) is 2.24. The van der Waals surface area contributed by atoms with Crippen molar-refractivity contribution < 1.29 is 14.3 Å². The number of carbonyl (C=O) groups is 1. The summed E-state index contributed by atoms with van der Waals surface area (Å²) in [5.74, 6) is -1.16. The first-order valence-corrected chi connectivity index (χ1v) is 6.09. The van der Waals surface area contributed by atoms with Gasteiger partial charge in [0.15, 0.2) is 0 Å². The Bertz CT molecular complexity index is 423. The van der Waals surface area contributed by atoms with Crippen molar-refractivity contribution in [3.8, 4) is 0 Å². The predicted molar refractivity (Wildman–Crippen MR) is 69.3 cm³/mol. The Labute approximate surface area is 111 Å². The third kappa shape index (κ3) is 3.68. The third-order valence-electron chi connectivity index (χ3n) is 2.42. The molecule has 1 N–H and O–H groups in total. The second-order valence-electron chi connectivity index (χ2n) is 4.73. The summed E-state index contributed by atoms with van der Waals surface area (Å²) in [6, 6.07) is 4.10. The molecule has 0 heterocycles. The van der Waals surface area contributed by atoms with Crippen LogP contribution >= 0.6 is 11.6 Å². The number of halogens is 2. The second kappa shape index (κ2) is 5.67. The van der Waals surface area contributed by atoms with Crippen LogP contribution < -0.4 is 0 Å². The van der Waals surface area contributed by atoms with Crippen molar-refractivity contribution in [3.63, 3.8) is 0 Å². The van der Waals surface area contributed by atoms with E-state index in [0.717, 1.165) is 0 Å². The van der Waals surface area contributed by atoms with Gasteiger partial charge in [0.05, 0.1) is 16.2 Å². The van der Waals surface area contributed by atoms with E-state index in [0.29, 0.717) is 6.54 Å².